The van der Waals surface area contributed by atoms with E-state index in [4.69, 9.17) is 12.2 Å². The largest absolute Gasteiger partial charge is 0.368 e. The van der Waals surface area contributed by atoms with Crippen molar-refractivity contribution in [3.05, 3.63) is 66.9 Å². The van der Waals surface area contributed by atoms with Crippen molar-refractivity contribution in [1.29, 1.82) is 0 Å². The molecule has 0 spiro atoms. The molecule has 0 saturated carbocycles. The van der Waals surface area contributed by atoms with Crippen molar-refractivity contribution in [2.45, 2.75) is 0 Å². The predicted octanol–water partition coefficient (Wildman–Crippen LogP) is 4.01. The van der Waals surface area contributed by atoms with Crippen LogP contribution >= 0.6 is 24.0 Å². The zero-order valence-corrected chi connectivity index (χ0v) is 17.6. The molecule has 2 heterocycles. The van der Waals surface area contributed by atoms with Gasteiger partial charge in [0.25, 0.3) is 0 Å². The number of benzene rings is 2. The summed E-state index contributed by atoms with van der Waals surface area (Å²) in [6.07, 6.45) is 1.75. The highest BCUT2D eigenvalue weighted by molar-refractivity contribution is 8.23. The molecule has 1 saturated heterocycles. The fourth-order valence-electron chi connectivity index (χ4n) is 3.40. The second-order valence-corrected chi connectivity index (χ2v) is 8.40. The number of anilines is 2. The quantitative estimate of drug-likeness (QED) is 0.641. The number of hydrogen-bond donors (Lipinski definition) is 1. The second kappa shape index (κ2) is 9.24. The molecule has 1 amide bonds. The number of thioether (sulfide) groups is 1. The van der Waals surface area contributed by atoms with E-state index in [1.165, 1.54) is 17.4 Å². The van der Waals surface area contributed by atoms with Crippen LogP contribution < -0.4 is 10.2 Å². The Morgan fingerprint density at radius 2 is 1.79 bits per heavy atom. The highest BCUT2D eigenvalue weighted by atomic mass is 32.2. The summed E-state index contributed by atoms with van der Waals surface area (Å²) in [4.78, 5) is 21.3. The third-order valence-corrected chi connectivity index (χ3v) is 6.43. The maximum absolute atomic E-state index is 12.4. The molecular formula is C22H22N4OS2. The molecule has 0 unspecified atom stereocenters. The zero-order valence-electron chi connectivity index (χ0n) is 16.0. The maximum Gasteiger partial charge on any atom is 0.234 e. The standard InChI is InChI=1S/C22H22N4OS2/c27-21(24-20-10-4-9-19-18(20)8-5-11-23-19)16-29-22(28)26-14-12-25(13-15-26)17-6-2-1-3-7-17/h1-11H,12-16H2,(H,24,27). The van der Waals surface area contributed by atoms with Crippen molar-refractivity contribution in [2.75, 3.05) is 42.1 Å². The van der Waals surface area contributed by atoms with Crippen molar-refractivity contribution >= 4 is 56.5 Å². The van der Waals surface area contributed by atoms with Crippen molar-refractivity contribution < 1.29 is 4.79 Å². The van der Waals surface area contributed by atoms with E-state index in [1.54, 1.807) is 6.20 Å². The van der Waals surface area contributed by atoms with Gasteiger partial charge < -0.3 is 15.1 Å². The van der Waals surface area contributed by atoms with Crippen LogP contribution in [0.15, 0.2) is 66.9 Å². The Morgan fingerprint density at radius 1 is 1.00 bits per heavy atom. The zero-order chi connectivity index (χ0) is 20.1. The Bertz CT molecular complexity index is 999. The van der Waals surface area contributed by atoms with Gasteiger partial charge in [-0.05, 0) is 36.4 Å². The van der Waals surface area contributed by atoms with Gasteiger partial charge in [-0.1, -0.05) is 48.2 Å². The lowest BCUT2D eigenvalue weighted by Crippen LogP contribution is -2.47. The van der Waals surface area contributed by atoms with Gasteiger partial charge in [-0.2, -0.15) is 0 Å². The smallest absolute Gasteiger partial charge is 0.234 e. The summed E-state index contributed by atoms with van der Waals surface area (Å²) in [5, 5.41) is 3.92. The minimum absolute atomic E-state index is 0.0587. The van der Waals surface area contributed by atoms with Crippen LogP contribution in [0.2, 0.25) is 0 Å². The number of rotatable bonds is 4. The number of carbonyl (C=O) groups excluding carboxylic acids is 1. The summed E-state index contributed by atoms with van der Waals surface area (Å²) in [5.41, 5.74) is 2.89. The van der Waals surface area contributed by atoms with E-state index < -0.39 is 0 Å². The summed E-state index contributed by atoms with van der Waals surface area (Å²) in [6, 6.07) is 20.0. The summed E-state index contributed by atoms with van der Waals surface area (Å²) in [5.74, 6) is 0.241. The van der Waals surface area contributed by atoms with E-state index in [1.807, 2.05) is 36.4 Å². The lowest BCUT2D eigenvalue weighted by Gasteiger charge is -2.37. The monoisotopic (exact) mass is 422 g/mol. The summed E-state index contributed by atoms with van der Waals surface area (Å²) in [7, 11) is 0. The molecule has 148 valence electrons. The fraction of sp³-hybridized carbons (Fsp3) is 0.227. The molecule has 1 N–H and O–H groups in total. The van der Waals surface area contributed by atoms with Gasteiger partial charge in [0.1, 0.15) is 4.32 Å². The average molecular weight is 423 g/mol. The third kappa shape index (κ3) is 4.86. The van der Waals surface area contributed by atoms with Gasteiger partial charge in [-0.3, -0.25) is 9.78 Å². The first-order valence-electron chi connectivity index (χ1n) is 9.56. The van der Waals surface area contributed by atoms with Gasteiger partial charge in [0.05, 0.1) is 17.0 Å². The SMILES string of the molecule is O=C(CSC(=S)N1CCN(c2ccccc2)CC1)Nc1cccc2ncccc12. The van der Waals surface area contributed by atoms with Crippen LogP contribution in [0.5, 0.6) is 0 Å². The van der Waals surface area contributed by atoms with Crippen molar-refractivity contribution in [3.63, 3.8) is 0 Å². The third-order valence-electron chi connectivity index (χ3n) is 4.91. The topological polar surface area (TPSA) is 48.5 Å². The number of pyridine rings is 1. The number of nitrogens with zero attached hydrogens (tertiary/aromatic N) is 3. The molecule has 2 aromatic carbocycles. The van der Waals surface area contributed by atoms with Crippen LogP contribution in [0, 0.1) is 0 Å². The predicted molar refractivity (Wildman–Crippen MR) is 126 cm³/mol. The molecule has 0 radical (unpaired) electrons. The lowest BCUT2D eigenvalue weighted by atomic mass is 10.2. The van der Waals surface area contributed by atoms with E-state index in [-0.39, 0.29) is 5.91 Å². The van der Waals surface area contributed by atoms with E-state index in [9.17, 15) is 4.79 Å². The van der Waals surface area contributed by atoms with Crippen molar-refractivity contribution in [1.82, 2.24) is 9.88 Å². The Morgan fingerprint density at radius 3 is 2.59 bits per heavy atom. The Balaban J connectivity index is 1.27. The van der Waals surface area contributed by atoms with Gasteiger partial charge in [-0.15, -0.1) is 0 Å². The number of aromatic nitrogens is 1. The van der Waals surface area contributed by atoms with Crippen LogP contribution in [-0.2, 0) is 4.79 Å². The highest BCUT2D eigenvalue weighted by Crippen LogP contribution is 2.22. The van der Waals surface area contributed by atoms with E-state index in [2.05, 4.69) is 44.4 Å². The first kappa shape index (κ1) is 19.7. The van der Waals surface area contributed by atoms with E-state index in [0.29, 0.717) is 5.75 Å². The average Bonchev–Trinajstić information content (AvgIpc) is 2.78. The summed E-state index contributed by atoms with van der Waals surface area (Å²) >= 11 is 6.99. The molecule has 29 heavy (non-hydrogen) atoms. The van der Waals surface area contributed by atoms with E-state index in [0.717, 1.165) is 47.1 Å². The van der Waals surface area contributed by atoms with Crippen molar-refractivity contribution in [2.24, 2.45) is 0 Å². The first-order valence-corrected chi connectivity index (χ1v) is 11.0. The van der Waals surface area contributed by atoms with Crippen LogP contribution in [0.4, 0.5) is 11.4 Å². The first-order chi connectivity index (χ1) is 14.2. The number of para-hydroxylation sites is 1. The molecule has 3 aromatic rings. The van der Waals surface area contributed by atoms with Crippen LogP contribution in [-0.4, -0.2) is 52.0 Å². The molecule has 1 fully saturated rings. The number of hydrogen-bond acceptors (Lipinski definition) is 5. The molecule has 1 aliphatic rings. The van der Waals surface area contributed by atoms with Gasteiger partial charge in [-0.25, -0.2) is 0 Å². The number of nitrogens with one attached hydrogen (secondary N) is 1. The molecule has 0 bridgehead atoms. The van der Waals surface area contributed by atoms with E-state index >= 15 is 0 Å². The Labute approximate surface area is 180 Å². The van der Waals surface area contributed by atoms with Crippen molar-refractivity contribution in [3.8, 4) is 0 Å². The minimum Gasteiger partial charge on any atom is -0.368 e. The molecule has 7 heteroatoms. The molecule has 0 atom stereocenters. The molecule has 5 nitrogen and oxygen atoms in total. The molecule has 1 aliphatic heterocycles. The highest BCUT2D eigenvalue weighted by Gasteiger charge is 2.20. The second-order valence-electron chi connectivity index (χ2n) is 6.79. The van der Waals surface area contributed by atoms with Gasteiger partial charge in [0.15, 0.2) is 0 Å². The van der Waals surface area contributed by atoms with Gasteiger partial charge in [0.2, 0.25) is 5.91 Å². The Hall–Kier alpha value is -2.64. The fourth-order valence-corrected chi connectivity index (χ4v) is 4.45. The number of piperazine rings is 1. The number of amides is 1. The number of thiocarbonyl (C=S) groups is 1. The van der Waals surface area contributed by atoms with Gasteiger partial charge >= 0.3 is 0 Å². The normalized spacial score (nSPS) is 14.1. The molecule has 4 rings (SSSR count). The maximum atomic E-state index is 12.4. The van der Waals surface area contributed by atoms with Crippen LogP contribution in [0.1, 0.15) is 0 Å². The molecule has 0 aliphatic carbocycles. The number of fused-ring (bicyclic) bond motifs is 1. The lowest BCUT2D eigenvalue weighted by molar-refractivity contribution is -0.113. The summed E-state index contributed by atoms with van der Waals surface area (Å²) < 4.78 is 0.785. The summed E-state index contributed by atoms with van der Waals surface area (Å²) in [6.45, 7) is 3.61. The number of carbonyl (C=O) groups is 1. The van der Waals surface area contributed by atoms with Crippen LogP contribution in [0.3, 0.4) is 0 Å². The van der Waals surface area contributed by atoms with Gasteiger partial charge in [0, 0.05) is 43.4 Å². The minimum atomic E-state index is -0.0587. The molecule has 1 aromatic heterocycles. The molecular weight excluding hydrogens is 400 g/mol. The Kier molecular flexibility index (Phi) is 6.27. The van der Waals surface area contributed by atoms with Crippen LogP contribution in [0.25, 0.3) is 10.9 Å².